The second-order valence-corrected chi connectivity index (χ2v) is 8.86. The van der Waals surface area contributed by atoms with Gasteiger partial charge in [-0.3, -0.25) is 9.69 Å². The van der Waals surface area contributed by atoms with Crippen LogP contribution in [0, 0.1) is 0 Å². The molecule has 6 nitrogen and oxygen atoms in total. The van der Waals surface area contributed by atoms with E-state index >= 15 is 0 Å². The highest BCUT2D eigenvalue weighted by atomic mass is 32.1. The van der Waals surface area contributed by atoms with Gasteiger partial charge < -0.3 is 15.0 Å². The lowest BCUT2D eigenvalue weighted by Gasteiger charge is -2.35. The average molecular weight is 430 g/mol. The lowest BCUT2D eigenvalue weighted by atomic mass is 9.94. The molecule has 1 unspecified atom stereocenters. The minimum Gasteiger partial charge on any atom is -0.445 e. The number of carbonyl (C=O) groups is 2. The van der Waals surface area contributed by atoms with Crippen LogP contribution in [-0.2, 0) is 16.1 Å². The molecule has 1 saturated carbocycles. The normalized spacial score (nSPS) is 15.3. The number of rotatable bonds is 7. The Bertz CT molecular complexity index is 831. The molecule has 0 spiro atoms. The van der Waals surface area contributed by atoms with Crippen LogP contribution >= 0.6 is 11.3 Å². The molecular formula is C23H31N3O3S. The number of amides is 2. The van der Waals surface area contributed by atoms with Crippen LogP contribution in [-0.4, -0.2) is 38.2 Å². The summed E-state index contributed by atoms with van der Waals surface area (Å²) in [6, 6.07) is 11.1. The summed E-state index contributed by atoms with van der Waals surface area (Å²) in [4.78, 5) is 29.6. The molecule has 2 aromatic rings. The third-order valence-electron chi connectivity index (χ3n) is 5.42. The van der Waals surface area contributed by atoms with Gasteiger partial charge in [-0.1, -0.05) is 49.6 Å². The van der Waals surface area contributed by atoms with Crippen LogP contribution < -0.4 is 15.1 Å². The summed E-state index contributed by atoms with van der Waals surface area (Å²) in [6.45, 7) is 1.90. The third-order valence-corrected chi connectivity index (χ3v) is 6.34. The highest BCUT2D eigenvalue weighted by Gasteiger charge is 2.32. The molecule has 0 radical (unpaired) electrons. The number of nitrogens with zero attached hydrogens (tertiary/aromatic N) is 2. The Labute approximate surface area is 182 Å². The average Bonchev–Trinajstić information content (AvgIpc) is 3.24. The molecule has 3 rings (SSSR count). The zero-order valence-corrected chi connectivity index (χ0v) is 18.8. The molecule has 0 saturated heterocycles. The summed E-state index contributed by atoms with van der Waals surface area (Å²) in [5, 5.41) is 5.70. The summed E-state index contributed by atoms with van der Waals surface area (Å²) in [5.41, 5.74) is 1.98. The SMILES string of the molecule is CC(NC(=O)OCc1ccccc1)C(=O)N(c1cc(N(C)C)cs1)C1CCCCC1. The van der Waals surface area contributed by atoms with Crippen molar-refractivity contribution in [2.75, 3.05) is 23.9 Å². The minimum atomic E-state index is -0.667. The minimum absolute atomic E-state index is 0.0919. The zero-order valence-electron chi connectivity index (χ0n) is 18.0. The van der Waals surface area contributed by atoms with E-state index < -0.39 is 12.1 Å². The fraction of sp³-hybridized carbons (Fsp3) is 0.478. The van der Waals surface area contributed by atoms with Gasteiger partial charge in [0.1, 0.15) is 12.6 Å². The number of hydrogen-bond donors (Lipinski definition) is 1. The second kappa shape index (κ2) is 10.5. The fourth-order valence-corrected chi connectivity index (χ4v) is 4.76. The molecule has 162 valence electrons. The number of thiophene rings is 1. The molecule has 1 aliphatic carbocycles. The van der Waals surface area contributed by atoms with Gasteiger partial charge in [0.15, 0.2) is 0 Å². The van der Waals surface area contributed by atoms with Crippen LogP contribution in [0.25, 0.3) is 0 Å². The Hall–Kier alpha value is -2.54. The Morgan fingerprint density at radius 3 is 2.50 bits per heavy atom. The second-order valence-electron chi connectivity index (χ2n) is 7.97. The van der Waals surface area contributed by atoms with E-state index in [9.17, 15) is 9.59 Å². The first kappa shape index (κ1) is 22.2. The summed E-state index contributed by atoms with van der Waals surface area (Å²) >= 11 is 1.57. The molecule has 1 aromatic heterocycles. The summed E-state index contributed by atoms with van der Waals surface area (Å²) in [6.07, 6.45) is 4.87. The van der Waals surface area contributed by atoms with Crippen molar-refractivity contribution in [2.24, 2.45) is 0 Å². The van der Waals surface area contributed by atoms with Crippen molar-refractivity contribution in [1.29, 1.82) is 0 Å². The van der Waals surface area contributed by atoms with Crippen LogP contribution in [0.3, 0.4) is 0 Å². The van der Waals surface area contributed by atoms with Crippen LogP contribution in [0.5, 0.6) is 0 Å². The molecule has 1 heterocycles. The van der Waals surface area contributed by atoms with E-state index in [0.29, 0.717) is 0 Å². The Morgan fingerprint density at radius 1 is 1.17 bits per heavy atom. The van der Waals surface area contributed by atoms with E-state index in [-0.39, 0.29) is 18.6 Å². The molecule has 7 heteroatoms. The van der Waals surface area contributed by atoms with E-state index in [1.807, 2.05) is 54.2 Å². The molecular weight excluding hydrogens is 398 g/mol. The summed E-state index contributed by atoms with van der Waals surface area (Å²) < 4.78 is 5.29. The van der Waals surface area contributed by atoms with E-state index in [0.717, 1.165) is 41.9 Å². The number of ether oxygens (including phenoxy) is 1. The predicted octanol–water partition coefficient (Wildman–Crippen LogP) is 4.79. The fourth-order valence-electron chi connectivity index (χ4n) is 3.70. The first-order chi connectivity index (χ1) is 14.5. The largest absolute Gasteiger partial charge is 0.445 e. The number of hydrogen-bond acceptors (Lipinski definition) is 5. The van der Waals surface area contributed by atoms with Gasteiger partial charge >= 0.3 is 6.09 Å². The molecule has 1 atom stereocenters. The highest BCUT2D eigenvalue weighted by Crippen LogP contribution is 2.35. The number of carbonyl (C=O) groups excluding carboxylic acids is 2. The maximum atomic E-state index is 13.4. The van der Waals surface area contributed by atoms with E-state index in [1.54, 1.807) is 18.3 Å². The van der Waals surface area contributed by atoms with Crippen LogP contribution in [0.4, 0.5) is 15.5 Å². The van der Waals surface area contributed by atoms with Crippen molar-refractivity contribution in [2.45, 2.75) is 57.7 Å². The van der Waals surface area contributed by atoms with E-state index in [4.69, 9.17) is 4.74 Å². The van der Waals surface area contributed by atoms with Crippen molar-refractivity contribution < 1.29 is 14.3 Å². The molecule has 1 aromatic carbocycles. The van der Waals surface area contributed by atoms with E-state index in [2.05, 4.69) is 16.8 Å². The molecule has 0 bridgehead atoms. The van der Waals surface area contributed by atoms with Crippen molar-refractivity contribution in [3.8, 4) is 0 Å². The molecule has 1 N–H and O–H groups in total. The lowest BCUT2D eigenvalue weighted by Crippen LogP contribution is -2.51. The van der Waals surface area contributed by atoms with Gasteiger partial charge in [0.25, 0.3) is 0 Å². The van der Waals surface area contributed by atoms with Gasteiger partial charge in [-0.05, 0) is 31.4 Å². The zero-order chi connectivity index (χ0) is 21.5. The summed E-state index contributed by atoms with van der Waals surface area (Å²) in [5.74, 6) is -0.0919. The van der Waals surface area contributed by atoms with Crippen LogP contribution in [0.15, 0.2) is 41.8 Å². The number of benzene rings is 1. The highest BCUT2D eigenvalue weighted by molar-refractivity contribution is 7.14. The lowest BCUT2D eigenvalue weighted by molar-refractivity contribution is -0.120. The summed E-state index contributed by atoms with van der Waals surface area (Å²) in [7, 11) is 3.98. The maximum Gasteiger partial charge on any atom is 0.408 e. The topological polar surface area (TPSA) is 61.9 Å². The van der Waals surface area contributed by atoms with Gasteiger partial charge in [0.05, 0.1) is 5.00 Å². The Balaban J connectivity index is 1.67. The molecule has 2 amide bonds. The van der Waals surface area contributed by atoms with Crippen molar-refractivity contribution in [3.05, 3.63) is 47.3 Å². The maximum absolute atomic E-state index is 13.4. The van der Waals surface area contributed by atoms with Gasteiger partial charge in [-0.15, -0.1) is 11.3 Å². The number of alkyl carbamates (subject to hydrolysis) is 1. The Morgan fingerprint density at radius 2 is 1.87 bits per heavy atom. The molecule has 30 heavy (non-hydrogen) atoms. The predicted molar refractivity (Wildman–Crippen MR) is 122 cm³/mol. The van der Waals surface area contributed by atoms with Gasteiger partial charge in [0, 0.05) is 31.2 Å². The van der Waals surface area contributed by atoms with E-state index in [1.165, 1.54) is 6.42 Å². The van der Waals surface area contributed by atoms with Gasteiger partial charge in [-0.25, -0.2) is 4.79 Å². The quantitative estimate of drug-likeness (QED) is 0.687. The monoisotopic (exact) mass is 429 g/mol. The molecule has 1 fully saturated rings. The van der Waals surface area contributed by atoms with Crippen molar-refractivity contribution >= 4 is 34.0 Å². The molecule has 0 aliphatic heterocycles. The first-order valence-electron chi connectivity index (χ1n) is 10.5. The first-order valence-corrected chi connectivity index (χ1v) is 11.4. The van der Waals surface area contributed by atoms with Crippen molar-refractivity contribution in [3.63, 3.8) is 0 Å². The smallest absolute Gasteiger partial charge is 0.408 e. The molecule has 1 aliphatic rings. The third kappa shape index (κ3) is 5.75. The van der Waals surface area contributed by atoms with Gasteiger partial charge in [-0.2, -0.15) is 0 Å². The van der Waals surface area contributed by atoms with Gasteiger partial charge in [0.2, 0.25) is 5.91 Å². The van der Waals surface area contributed by atoms with Crippen LogP contribution in [0.2, 0.25) is 0 Å². The van der Waals surface area contributed by atoms with Crippen LogP contribution in [0.1, 0.15) is 44.6 Å². The standard InChI is InChI=1S/C23H31N3O3S/c1-17(24-23(28)29-15-18-10-6-4-7-11-18)22(27)26(19-12-8-5-9-13-19)21-14-20(16-30-21)25(2)3/h4,6-7,10-11,14,16-17,19H,5,8-9,12-13,15H2,1-3H3,(H,24,28). The number of anilines is 2. The Kier molecular flexibility index (Phi) is 7.74. The van der Waals surface area contributed by atoms with Crippen molar-refractivity contribution in [1.82, 2.24) is 5.32 Å². The number of nitrogens with one attached hydrogen (secondary N) is 1.